The van der Waals surface area contributed by atoms with E-state index in [0.717, 1.165) is 9.88 Å². The minimum absolute atomic E-state index is 0.0931. The maximum absolute atomic E-state index is 10.8. The minimum atomic E-state index is -1.16. The van der Waals surface area contributed by atoms with Crippen LogP contribution in [0, 0.1) is 0 Å². The van der Waals surface area contributed by atoms with Gasteiger partial charge < -0.3 is 15.3 Å². The molecule has 0 amide bonds. The molecule has 1 heterocycles. The summed E-state index contributed by atoms with van der Waals surface area (Å²) in [5, 5.41) is 28.0. The molecule has 2 aromatic rings. The molecule has 0 atom stereocenters. The van der Waals surface area contributed by atoms with Crippen molar-refractivity contribution in [3.05, 3.63) is 45.4 Å². The van der Waals surface area contributed by atoms with E-state index in [-0.39, 0.29) is 17.9 Å². The van der Waals surface area contributed by atoms with Gasteiger partial charge in [0.1, 0.15) is 16.3 Å². The molecule has 3 N–H and O–H groups in total. The fraction of sp³-hybridized carbons (Fsp3) is 0.143. The van der Waals surface area contributed by atoms with Gasteiger partial charge in [-0.1, -0.05) is 12.1 Å². The van der Waals surface area contributed by atoms with Crippen LogP contribution in [0.2, 0.25) is 0 Å². The van der Waals surface area contributed by atoms with E-state index in [1.54, 1.807) is 24.4 Å². The molecule has 0 bridgehead atoms. The molecule has 1 aromatic heterocycles. The van der Waals surface area contributed by atoms with Crippen LogP contribution in [0.4, 0.5) is 0 Å². The van der Waals surface area contributed by atoms with Gasteiger partial charge in [-0.3, -0.25) is 0 Å². The molecule has 6 heteroatoms. The Hall–Kier alpha value is -2.18. The van der Waals surface area contributed by atoms with E-state index in [2.05, 4.69) is 4.98 Å². The van der Waals surface area contributed by atoms with Gasteiger partial charge in [-0.2, -0.15) is 0 Å². The summed E-state index contributed by atoms with van der Waals surface area (Å²) in [6.07, 6.45) is 5.82. The van der Waals surface area contributed by atoms with Gasteiger partial charge in [-0.15, -0.1) is 11.3 Å². The predicted molar refractivity (Wildman–Crippen MR) is 76.9 cm³/mol. The van der Waals surface area contributed by atoms with Crippen LogP contribution in [0.5, 0.6) is 5.75 Å². The number of aliphatic hydroxyl groups is 1. The largest absolute Gasteiger partial charge is 0.507 e. The molecule has 5 nitrogen and oxygen atoms in total. The summed E-state index contributed by atoms with van der Waals surface area (Å²) < 4.78 is 0. The van der Waals surface area contributed by atoms with Crippen LogP contribution in [0.15, 0.2) is 24.4 Å². The smallest absolute Gasteiger partial charge is 0.339 e. The van der Waals surface area contributed by atoms with Crippen molar-refractivity contribution in [1.82, 2.24) is 4.98 Å². The van der Waals surface area contributed by atoms with E-state index in [9.17, 15) is 9.90 Å². The van der Waals surface area contributed by atoms with Gasteiger partial charge in [0, 0.05) is 24.1 Å². The molecule has 0 aliphatic carbocycles. The Morgan fingerprint density at radius 1 is 1.35 bits per heavy atom. The number of thiazole rings is 1. The first kappa shape index (κ1) is 14.2. The van der Waals surface area contributed by atoms with Crippen LogP contribution in [0.3, 0.4) is 0 Å². The second kappa shape index (κ2) is 6.31. The highest BCUT2D eigenvalue weighted by Crippen LogP contribution is 2.21. The number of aromatic hydroxyl groups is 1. The molecular formula is C14H13NO4S. The highest BCUT2D eigenvalue weighted by atomic mass is 32.1. The zero-order chi connectivity index (χ0) is 14.5. The highest BCUT2D eigenvalue weighted by molar-refractivity contribution is 7.12. The monoisotopic (exact) mass is 291 g/mol. The Morgan fingerprint density at radius 3 is 2.80 bits per heavy atom. The van der Waals surface area contributed by atoms with Crippen molar-refractivity contribution >= 4 is 29.5 Å². The second-order valence-corrected chi connectivity index (χ2v) is 5.20. The molecule has 2 rings (SSSR count). The quantitative estimate of drug-likeness (QED) is 0.786. The summed E-state index contributed by atoms with van der Waals surface area (Å²) in [4.78, 5) is 15.9. The van der Waals surface area contributed by atoms with E-state index < -0.39 is 5.97 Å². The van der Waals surface area contributed by atoms with E-state index in [4.69, 9.17) is 10.2 Å². The molecule has 0 fully saturated rings. The van der Waals surface area contributed by atoms with Gasteiger partial charge >= 0.3 is 5.97 Å². The van der Waals surface area contributed by atoms with Crippen molar-refractivity contribution in [2.75, 3.05) is 6.61 Å². The van der Waals surface area contributed by atoms with Gasteiger partial charge in [0.05, 0.1) is 0 Å². The number of carboxylic acid groups (broad SMARTS) is 1. The Labute approximate surface area is 119 Å². The second-order valence-electron chi connectivity index (χ2n) is 4.05. The van der Waals surface area contributed by atoms with E-state index in [1.165, 1.54) is 23.5 Å². The average molecular weight is 291 g/mol. The topological polar surface area (TPSA) is 90.7 Å². The molecule has 0 aliphatic heterocycles. The molecule has 20 heavy (non-hydrogen) atoms. The van der Waals surface area contributed by atoms with Crippen molar-refractivity contribution in [2.45, 2.75) is 6.42 Å². The van der Waals surface area contributed by atoms with Crippen LogP contribution in [0.25, 0.3) is 12.2 Å². The van der Waals surface area contributed by atoms with Gasteiger partial charge in [-0.25, -0.2) is 9.78 Å². The lowest BCUT2D eigenvalue weighted by molar-refractivity contribution is 0.0693. The van der Waals surface area contributed by atoms with Crippen LogP contribution in [-0.4, -0.2) is 32.9 Å². The summed E-state index contributed by atoms with van der Waals surface area (Å²) in [6, 6.07) is 4.36. The van der Waals surface area contributed by atoms with E-state index >= 15 is 0 Å². The number of aromatic nitrogens is 1. The van der Waals surface area contributed by atoms with Gasteiger partial charge in [0.25, 0.3) is 0 Å². The molecule has 1 aromatic carbocycles. The van der Waals surface area contributed by atoms with E-state index in [1.807, 2.05) is 0 Å². The third-order valence-corrected chi connectivity index (χ3v) is 3.62. The van der Waals surface area contributed by atoms with Gasteiger partial charge in [-0.05, 0) is 23.8 Å². The maximum atomic E-state index is 10.8. The summed E-state index contributed by atoms with van der Waals surface area (Å²) in [6.45, 7) is 0.0931. The summed E-state index contributed by atoms with van der Waals surface area (Å²) >= 11 is 1.47. The average Bonchev–Trinajstić information content (AvgIpc) is 2.84. The first-order chi connectivity index (χ1) is 9.60. The third-order valence-electron chi connectivity index (χ3n) is 2.60. The normalized spacial score (nSPS) is 11.1. The maximum Gasteiger partial charge on any atom is 0.339 e. The van der Waals surface area contributed by atoms with Crippen molar-refractivity contribution in [2.24, 2.45) is 0 Å². The van der Waals surface area contributed by atoms with Crippen LogP contribution in [-0.2, 0) is 6.42 Å². The molecule has 0 saturated heterocycles. The first-order valence-electron chi connectivity index (χ1n) is 5.90. The Kier molecular flexibility index (Phi) is 4.49. The predicted octanol–water partition coefficient (Wildman–Crippen LogP) is 2.25. The fourth-order valence-corrected chi connectivity index (χ4v) is 2.44. The van der Waals surface area contributed by atoms with E-state index in [0.29, 0.717) is 12.0 Å². The number of rotatable bonds is 5. The van der Waals surface area contributed by atoms with Crippen molar-refractivity contribution in [3.63, 3.8) is 0 Å². The fourth-order valence-electron chi connectivity index (χ4n) is 1.63. The van der Waals surface area contributed by atoms with Gasteiger partial charge in [0.15, 0.2) is 0 Å². The highest BCUT2D eigenvalue weighted by Gasteiger charge is 2.08. The summed E-state index contributed by atoms with van der Waals surface area (Å²) in [7, 11) is 0. The first-order valence-corrected chi connectivity index (χ1v) is 6.72. The molecule has 104 valence electrons. The van der Waals surface area contributed by atoms with Gasteiger partial charge in [0.2, 0.25) is 0 Å². The number of aliphatic hydroxyl groups excluding tert-OH is 1. The van der Waals surface area contributed by atoms with Crippen molar-refractivity contribution in [1.29, 1.82) is 0 Å². The summed E-state index contributed by atoms with van der Waals surface area (Å²) in [5.74, 6) is -1.42. The van der Waals surface area contributed by atoms with Crippen LogP contribution < -0.4 is 0 Å². The number of hydrogen-bond acceptors (Lipinski definition) is 5. The Balaban J connectivity index is 2.14. The SMILES string of the molecule is O=C(O)c1ccc(/C=C/c2ncc(CCO)s2)cc1O. The number of phenols is 1. The lowest BCUT2D eigenvalue weighted by Crippen LogP contribution is -1.96. The Bertz CT molecular complexity index is 648. The lowest BCUT2D eigenvalue weighted by Gasteiger charge is -2.00. The van der Waals surface area contributed by atoms with Crippen LogP contribution >= 0.6 is 11.3 Å². The number of carbonyl (C=O) groups is 1. The van der Waals surface area contributed by atoms with Crippen LogP contribution in [0.1, 0.15) is 25.8 Å². The molecule has 0 saturated carbocycles. The minimum Gasteiger partial charge on any atom is -0.507 e. The molecule has 0 unspecified atom stereocenters. The zero-order valence-corrected chi connectivity index (χ0v) is 11.3. The number of nitrogens with zero attached hydrogens (tertiary/aromatic N) is 1. The number of carboxylic acids is 1. The standard InChI is InChI=1S/C14H13NO4S/c16-6-5-10-8-15-13(20-10)4-2-9-1-3-11(14(18)19)12(17)7-9/h1-4,7-8,16-17H,5-6H2,(H,18,19)/b4-2+. The molecule has 0 spiro atoms. The molecule has 0 aliphatic rings. The van der Waals surface area contributed by atoms with Crippen molar-refractivity contribution in [3.8, 4) is 5.75 Å². The lowest BCUT2D eigenvalue weighted by atomic mass is 10.1. The third kappa shape index (κ3) is 3.43. The number of benzene rings is 1. The molecule has 0 radical (unpaired) electrons. The summed E-state index contributed by atoms with van der Waals surface area (Å²) in [5.41, 5.74) is 0.563. The zero-order valence-electron chi connectivity index (χ0n) is 10.5. The molecular weight excluding hydrogens is 278 g/mol. The number of hydrogen-bond donors (Lipinski definition) is 3. The number of aromatic carboxylic acids is 1. The Morgan fingerprint density at radius 2 is 2.15 bits per heavy atom. The van der Waals surface area contributed by atoms with Crippen molar-refractivity contribution < 1.29 is 20.1 Å².